The zero-order chi connectivity index (χ0) is 21.2. The van der Waals surface area contributed by atoms with Gasteiger partial charge in [-0.2, -0.15) is 8.42 Å². The van der Waals surface area contributed by atoms with Crippen molar-refractivity contribution in [3.05, 3.63) is 78.4 Å². The van der Waals surface area contributed by atoms with Crippen LogP contribution in [0.1, 0.15) is 5.56 Å². The average Bonchev–Trinajstić information content (AvgIpc) is 2.69. The summed E-state index contributed by atoms with van der Waals surface area (Å²) in [4.78, 5) is -0.357. The maximum Gasteiger partial charge on any atom is 0.339 e. The molecule has 0 unspecified atom stereocenters. The third-order valence-electron chi connectivity index (χ3n) is 4.32. The van der Waals surface area contributed by atoms with E-state index in [1.165, 1.54) is 32.3 Å². The van der Waals surface area contributed by atoms with E-state index in [1.807, 2.05) is 31.2 Å². The molecule has 0 fully saturated rings. The van der Waals surface area contributed by atoms with Crippen LogP contribution in [0.25, 0.3) is 11.1 Å². The molecular weight excluding hydrogens is 410 g/mol. The molecule has 3 aromatic carbocycles. The Morgan fingerprint density at radius 2 is 1.24 bits per heavy atom. The molecule has 0 radical (unpaired) electrons. The van der Waals surface area contributed by atoms with E-state index in [-0.39, 0.29) is 15.5 Å². The Labute approximate surface area is 171 Å². The summed E-state index contributed by atoms with van der Waals surface area (Å²) in [5.74, 6) is 0.140. The molecule has 0 aromatic heterocycles. The van der Waals surface area contributed by atoms with Crippen molar-refractivity contribution in [3.8, 4) is 16.9 Å². The molecule has 0 saturated heterocycles. The van der Waals surface area contributed by atoms with Crippen LogP contribution in [0.5, 0.6) is 5.75 Å². The first-order valence-electron chi connectivity index (χ1n) is 8.74. The molecule has 0 aliphatic rings. The van der Waals surface area contributed by atoms with Crippen LogP contribution in [0.2, 0.25) is 0 Å². The van der Waals surface area contributed by atoms with Crippen LogP contribution in [-0.4, -0.2) is 35.2 Å². The summed E-state index contributed by atoms with van der Waals surface area (Å²) < 4.78 is 55.9. The third kappa shape index (κ3) is 4.67. The van der Waals surface area contributed by atoms with E-state index in [4.69, 9.17) is 4.18 Å². The van der Waals surface area contributed by atoms with E-state index < -0.39 is 20.1 Å². The van der Waals surface area contributed by atoms with E-state index in [9.17, 15) is 16.8 Å². The van der Waals surface area contributed by atoms with Crippen LogP contribution in [0.3, 0.4) is 0 Å². The van der Waals surface area contributed by atoms with E-state index in [2.05, 4.69) is 0 Å². The Morgan fingerprint density at radius 3 is 1.79 bits per heavy atom. The smallest absolute Gasteiger partial charge is 0.339 e. The third-order valence-corrected chi connectivity index (χ3v) is 7.37. The average molecular weight is 432 g/mol. The Bertz CT molecular complexity index is 1210. The highest BCUT2D eigenvalue weighted by atomic mass is 32.2. The molecule has 152 valence electrons. The Kier molecular flexibility index (Phi) is 5.79. The minimum atomic E-state index is -4.19. The lowest BCUT2D eigenvalue weighted by Gasteiger charge is -2.13. The van der Waals surface area contributed by atoms with Crippen molar-refractivity contribution in [2.75, 3.05) is 14.1 Å². The number of hydrogen-bond donors (Lipinski definition) is 0. The molecule has 0 N–H and O–H groups in total. The van der Waals surface area contributed by atoms with Crippen molar-refractivity contribution in [1.29, 1.82) is 0 Å². The summed E-state index contributed by atoms with van der Waals surface area (Å²) in [7, 11) is -5.19. The minimum Gasteiger partial charge on any atom is -0.379 e. The molecule has 0 amide bonds. The van der Waals surface area contributed by atoms with Crippen molar-refractivity contribution >= 4 is 20.1 Å². The highest BCUT2D eigenvalue weighted by Gasteiger charge is 2.22. The van der Waals surface area contributed by atoms with Gasteiger partial charge < -0.3 is 4.18 Å². The molecule has 0 heterocycles. The van der Waals surface area contributed by atoms with Gasteiger partial charge in [0.05, 0.1) is 4.90 Å². The fourth-order valence-corrected chi connectivity index (χ4v) is 4.62. The molecule has 0 atom stereocenters. The van der Waals surface area contributed by atoms with Crippen molar-refractivity contribution in [2.24, 2.45) is 0 Å². The number of sulfonamides is 1. The number of nitrogens with zero attached hydrogens (tertiary/aromatic N) is 1. The van der Waals surface area contributed by atoms with Gasteiger partial charge in [0.15, 0.2) is 0 Å². The van der Waals surface area contributed by atoms with Gasteiger partial charge in [-0.25, -0.2) is 12.7 Å². The maximum absolute atomic E-state index is 12.6. The van der Waals surface area contributed by atoms with Gasteiger partial charge >= 0.3 is 10.1 Å². The van der Waals surface area contributed by atoms with E-state index in [0.29, 0.717) is 0 Å². The zero-order valence-corrected chi connectivity index (χ0v) is 17.9. The van der Waals surface area contributed by atoms with Crippen LogP contribution in [0.4, 0.5) is 0 Å². The fourth-order valence-electron chi connectivity index (χ4n) is 2.62. The number of benzene rings is 3. The van der Waals surface area contributed by atoms with Gasteiger partial charge in [-0.1, -0.05) is 48.0 Å². The zero-order valence-electron chi connectivity index (χ0n) is 16.2. The Hall–Kier alpha value is -2.68. The first-order chi connectivity index (χ1) is 13.6. The Balaban J connectivity index is 1.85. The van der Waals surface area contributed by atoms with Crippen molar-refractivity contribution in [2.45, 2.75) is 16.7 Å². The first kappa shape index (κ1) is 21.0. The summed E-state index contributed by atoms with van der Waals surface area (Å²) in [5, 5.41) is 0. The van der Waals surface area contributed by atoms with Crippen LogP contribution in [-0.2, 0) is 20.1 Å². The van der Waals surface area contributed by atoms with Crippen LogP contribution >= 0.6 is 0 Å². The summed E-state index contributed by atoms with van der Waals surface area (Å²) in [6, 6.07) is 19.7. The predicted molar refractivity (Wildman–Crippen MR) is 112 cm³/mol. The van der Waals surface area contributed by atoms with Gasteiger partial charge in [0.25, 0.3) is 0 Å². The predicted octanol–water partition coefficient (Wildman–Crippen LogP) is 3.68. The molecular formula is C21H21NO5S2. The molecule has 8 heteroatoms. The lowest BCUT2D eigenvalue weighted by atomic mass is 10.0. The Morgan fingerprint density at radius 1 is 0.724 bits per heavy atom. The van der Waals surface area contributed by atoms with Crippen molar-refractivity contribution in [1.82, 2.24) is 4.31 Å². The standard InChI is InChI=1S/C21H21NO5S2/c1-16-7-9-17(10-8-16)18-11-13-19(14-12-18)27-29(25,26)21-6-4-5-20(15-21)28(23,24)22(2)3/h4-15H,1-3H3. The molecule has 29 heavy (non-hydrogen) atoms. The van der Waals surface area contributed by atoms with E-state index in [1.54, 1.807) is 24.3 Å². The topological polar surface area (TPSA) is 80.8 Å². The number of rotatable bonds is 6. The second-order valence-corrected chi connectivity index (χ2v) is 10.4. The largest absolute Gasteiger partial charge is 0.379 e. The lowest BCUT2D eigenvalue weighted by Crippen LogP contribution is -2.22. The van der Waals surface area contributed by atoms with E-state index in [0.717, 1.165) is 27.1 Å². The quantitative estimate of drug-likeness (QED) is 0.556. The van der Waals surface area contributed by atoms with Gasteiger partial charge in [0, 0.05) is 14.1 Å². The van der Waals surface area contributed by atoms with Gasteiger partial charge in [0.1, 0.15) is 10.6 Å². The summed E-state index contributed by atoms with van der Waals surface area (Å²) in [5.41, 5.74) is 3.08. The van der Waals surface area contributed by atoms with Crippen molar-refractivity contribution < 1.29 is 21.0 Å². The molecule has 0 bridgehead atoms. The van der Waals surface area contributed by atoms with Gasteiger partial charge in [0.2, 0.25) is 10.0 Å². The summed E-state index contributed by atoms with van der Waals surface area (Å²) in [6.07, 6.45) is 0. The normalized spacial score (nSPS) is 12.1. The molecule has 6 nitrogen and oxygen atoms in total. The highest BCUT2D eigenvalue weighted by Crippen LogP contribution is 2.26. The molecule has 0 saturated carbocycles. The second kappa shape index (κ2) is 7.98. The molecule has 0 spiro atoms. The monoisotopic (exact) mass is 431 g/mol. The van der Waals surface area contributed by atoms with Crippen LogP contribution in [0, 0.1) is 6.92 Å². The molecule has 0 aliphatic heterocycles. The summed E-state index contributed by atoms with van der Waals surface area (Å²) in [6.45, 7) is 2.00. The minimum absolute atomic E-state index is 0.123. The molecule has 0 aliphatic carbocycles. The van der Waals surface area contributed by atoms with Gasteiger partial charge in [-0.3, -0.25) is 0 Å². The van der Waals surface area contributed by atoms with E-state index >= 15 is 0 Å². The summed E-state index contributed by atoms with van der Waals surface area (Å²) >= 11 is 0. The number of hydrogen-bond acceptors (Lipinski definition) is 5. The van der Waals surface area contributed by atoms with Crippen molar-refractivity contribution in [3.63, 3.8) is 0 Å². The van der Waals surface area contributed by atoms with Gasteiger partial charge in [-0.15, -0.1) is 0 Å². The van der Waals surface area contributed by atoms with Gasteiger partial charge in [-0.05, 0) is 48.4 Å². The fraction of sp³-hybridized carbons (Fsp3) is 0.143. The maximum atomic E-state index is 12.6. The first-order valence-corrected chi connectivity index (χ1v) is 11.6. The molecule has 3 aromatic rings. The van der Waals surface area contributed by atoms with Crippen LogP contribution in [0.15, 0.2) is 82.6 Å². The lowest BCUT2D eigenvalue weighted by molar-refractivity contribution is 0.485. The van der Waals surface area contributed by atoms with Crippen LogP contribution < -0.4 is 4.18 Å². The molecule has 3 rings (SSSR count). The second-order valence-electron chi connectivity index (χ2n) is 6.69. The SMILES string of the molecule is Cc1ccc(-c2ccc(OS(=O)(=O)c3cccc(S(=O)(=O)N(C)C)c3)cc2)cc1. The number of aryl methyl sites for hydroxylation is 1. The highest BCUT2D eigenvalue weighted by molar-refractivity contribution is 7.89.